The van der Waals surface area contributed by atoms with Crippen molar-refractivity contribution in [2.45, 2.75) is 24.9 Å². The molecule has 0 bridgehead atoms. The summed E-state index contributed by atoms with van der Waals surface area (Å²) in [6.45, 7) is 1.80. The molecule has 0 aliphatic carbocycles. The van der Waals surface area contributed by atoms with Gasteiger partial charge in [-0.3, -0.25) is 4.79 Å². The largest absolute Gasteiger partial charge is 0.337 e. The van der Waals surface area contributed by atoms with Crippen LogP contribution >= 0.6 is 11.3 Å². The van der Waals surface area contributed by atoms with Crippen molar-refractivity contribution in [1.82, 2.24) is 10.2 Å². The fraction of sp³-hybridized carbons (Fsp3) is 0.545. The minimum atomic E-state index is 0.335. The fourth-order valence-corrected chi connectivity index (χ4v) is 3.36. The van der Waals surface area contributed by atoms with E-state index < -0.39 is 0 Å². The zero-order valence-electron chi connectivity index (χ0n) is 8.48. The first-order valence-corrected chi connectivity index (χ1v) is 6.35. The molecule has 2 saturated heterocycles. The number of nitrogens with one attached hydrogen (secondary N) is 1. The maximum absolute atomic E-state index is 11.6. The molecule has 3 heterocycles. The molecule has 15 heavy (non-hydrogen) atoms. The number of hydrogen-bond acceptors (Lipinski definition) is 3. The zero-order chi connectivity index (χ0) is 10.3. The molecule has 4 heteroatoms. The van der Waals surface area contributed by atoms with Gasteiger partial charge in [-0.25, -0.2) is 0 Å². The molecule has 1 unspecified atom stereocenters. The summed E-state index contributed by atoms with van der Waals surface area (Å²) in [5.41, 5.74) is 1.34. The van der Waals surface area contributed by atoms with Gasteiger partial charge in [-0.1, -0.05) is 0 Å². The number of thiophene rings is 1. The Kier molecular flexibility index (Phi) is 2.25. The number of carbonyl (C=O) groups is 1. The third-order valence-corrected chi connectivity index (χ3v) is 4.08. The summed E-state index contributed by atoms with van der Waals surface area (Å²) in [4.78, 5) is 13.7. The highest BCUT2D eigenvalue weighted by Gasteiger charge is 2.39. The topological polar surface area (TPSA) is 32.3 Å². The van der Waals surface area contributed by atoms with Gasteiger partial charge in [0.05, 0.1) is 12.1 Å². The summed E-state index contributed by atoms with van der Waals surface area (Å²) in [6, 6.07) is 2.91. The van der Waals surface area contributed by atoms with Gasteiger partial charge < -0.3 is 10.2 Å². The normalized spacial score (nSPS) is 30.7. The summed E-state index contributed by atoms with van der Waals surface area (Å²) in [5.74, 6) is 0.335. The third kappa shape index (κ3) is 1.48. The van der Waals surface area contributed by atoms with Crippen LogP contribution in [0.4, 0.5) is 0 Å². The Morgan fingerprint density at radius 1 is 1.53 bits per heavy atom. The van der Waals surface area contributed by atoms with E-state index in [0.717, 1.165) is 25.9 Å². The smallest absolute Gasteiger partial charge is 0.223 e. The first-order chi connectivity index (χ1) is 7.36. The molecular weight excluding hydrogens is 208 g/mol. The van der Waals surface area contributed by atoms with Crippen LogP contribution in [0.1, 0.15) is 24.4 Å². The molecule has 2 atom stereocenters. The van der Waals surface area contributed by atoms with Gasteiger partial charge in [-0.05, 0) is 28.8 Å². The van der Waals surface area contributed by atoms with Crippen LogP contribution in [-0.2, 0) is 4.79 Å². The molecule has 0 spiro atoms. The van der Waals surface area contributed by atoms with E-state index in [2.05, 4.69) is 27.0 Å². The predicted molar refractivity (Wildman–Crippen MR) is 59.8 cm³/mol. The summed E-state index contributed by atoms with van der Waals surface area (Å²) in [6.07, 6.45) is 1.74. The molecule has 0 aromatic carbocycles. The van der Waals surface area contributed by atoms with Gasteiger partial charge in [-0.2, -0.15) is 11.3 Å². The summed E-state index contributed by atoms with van der Waals surface area (Å²) in [7, 11) is 0. The van der Waals surface area contributed by atoms with Crippen LogP contribution in [0, 0.1) is 0 Å². The van der Waals surface area contributed by atoms with Crippen molar-refractivity contribution in [1.29, 1.82) is 0 Å². The van der Waals surface area contributed by atoms with E-state index in [4.69, 9.17) is 0 Å². The Bertz CT molecular complexity index is 363. The van der Waals surface area contributed by atoms with Gasteiger partial charge >= 0.3 is 0 Å². The molecular formula is C11H14N2OS. The number of hydrogen-bond donors (Lipinski definition) is 1. The lowest BCUT2D eigenvalue weighted by atomic mass is 9.98. The summed E-state index contributed by atoms with van der Waals surface area (Å²) in [5, 5.41) is 7.81. The van der Waals surface area contributed by atoms with E-state index in [1.165, 1.54) is 5.56 Å². The highest BCUT2D eigenvalue weighted by molar-refractivity contribution is 7.07. The lowest BCUT2D eigenvalue weighted by molar-refractivity contribution is -0.130. The highest BCUT2D eigenvalue weighted by Crippen LogP contribution is 2.32. The molecule has 80 valence electrons. The molecule has 3 rings (SSSR count). The van der Waals surface area contributed by atoms with Crippen LogP contribution in [0.2, 0.25) is 0 Å². The molecule has 3 nitrogen and oxygen atoms in total. The van der Waals surface area contributed by atoms with E-state index in [0.29, 0.717) is 18.0 Å². The van der Waals surface area contributed by atoms with E-state index in [1.807, 2.05) is 0 Å². The minimum Gasteiger partial charge on any atom is -0.337 e. The van der Waals surface area contributed by atoms with Crippen molar-refractivity contribution < 1.29 is 4.79 Å². The Hall–Kier alpha value is -0.870. The Balaban J connectivity index is 1.88. The predicted octanol–water partition coefficient (Wildman–Crippen LogP) is 1.38. The monoisotopic (exact) mass is 222 g/mol. The van der Waals surface area contributed by atoms with Crippen LogP contribution in [-0.4, -0.2) is 29.9 Å². The van der Waals surface area contributed by atoms with Gasteiger partial charge in [0.25, 0.3) is 0 Å². The van der Waals surface area contributed by atoms with Gasteiger partial charge in [0.15, 0.2) is 0 Å². The van der Waals surface area contributed by atoms with Gasteiger partial charge in [0, 0.05) is 19.5 Å². The van der Waals surface area contributed by atoms with Crippen molar-refractivity contribution in [3.05, 3.63) is 22.4 Å². The van der Waals surface area contributed by atoms with Gasteiger partial charge in [0.2, 0.25) is 5.91 Å². The fourth-order valence-electron chi connectivity index (χ4n) is 2.66. The lowest BCUT2D eigenvalue weighted by Crippen LogP contribution is -2.51. The van der Waals surface area contributed by atoms with E-state index >= 15 is 0 Å². The van der Waals surface area contributed by atoms with Crippen LogP contribution in [0.25, 0.3) is 0 Å². The second kappa shape index (κ2) is 3.61. The number of fused-ring (bicyclic) bond motifs is 1. The molecule has 1 N–H and O–H groups in total. The third-order valence-electron chi connectivity index (χ3n) is 3.38. The van der Waals surface area contributed by atoms with Crippen LogP contribution < -0.4 is 5.32 Å². The first kappa shape index (κ1) is 9.36. The molecule has 2 fully saturated rings. The van der Waals surface area contributed by atoms with Crippen LogP contribution in [0.3, 0.4) is 0 Å². The van der Waals surface area contributed by atoms with Crippen LogP contribution in [0.5, 0.6) is 0 Å². The quantitative estimate of drug-likeness (QED) is 0.778. The number of piperazine rings is 1. The summed E-state index contributed by atoms with van der Waals surface area (Å²) >= 11 is 1.72. The van der Waals surface area contributed by atoms with Gasteiger partial charge in [-0.15, -0.1) is 0 Å². The minimum absolute atomic E-state index is 0.335. The average Bonchev–Trinajstić information content (AvgIpc) is 2.88. The number of amides is 1. The number of nitrogens with zero attached hydrogens (tertiary/aromatic N) is 1. The van der Waals surface area contributed by atoms with E-state index in [1.54, 1.807) is 11.3 Å². The Labute approximate surface area is 93.1 Å². The number of carbonyl (C=O) groups excluding carboxylic acids is 1. The maximum atomic E-state index is 11.6. The highest BCUT2D eigenvalue weighted by atomic mass is 32.1. The lowest BCUT2D eigenvalue weighted by Gasteiger charge is -2.37. The number of rotatable bonds is 1. The molecule has 1 amide bonds. The molecule has 1 aromatic rings. The van der Waals surface area contributed by atoms with Gasteiger partial charge in [0.1, 0.15) is 0 Å². The average molecular weight is 222 g/mol. The Morgan fingerprint density at radius 2 is 2.47 bits per heavy atom. The maximum Gasteiger partial charge on any atom is 0.223 e. The summed E-state index contributed by atoms with van der Waals surface area (Å²) < 4.78 is 0. The van der Waals surface area contributed by atoms with E-state index in [-0.39, 0.29) is 0 Å². The van der Waals surface area contributed by atoms with Crippen molar-refractivity contribution in [2.75, 3.05) is 13.1 Å². The zero-order valence-corrected chi connectivity index (χ0v) is 9.30. The Morgan fingerprint density at radius 3 is 3.27 bits per heavy atom. The second-order valence-corrected chi connectivity index (χ2v) is 4.96. The van der Waals surface area contributed by atoms with Crippen molar-refractivity contribution in [3.8, 4) is 0 Å². The van der Waals surface area contributed by atoms with Crippen LogP contribution in [0.15, 0.2) is 16.8 Å². The molecule has 0 saturated carbocycles. The molecule has 2 aliphatic heterocycles. The molecule has 2 aliphatic rings. The molecule has 1 aromatic heterocycles. The standard InChI is InChI=1S/C11H14N2OS/c14-10-2-1-9-11(8-3-6-15-7-8)12-4-5-13(9)10/h3,6-7,9,11-12H,1-2,4-5H2/t9?,11-/m1/s1. The van der Waals surface area contributed by atoms with E-state index in [9.17, 15) is 4.79 Å². The van der Waals surface area contributed by atoms with Crippen molar-refractivity contribution in [3.63, 3.8) is 0 Å². The van der Waals surface area contributed by atoms with Crippen molar-refractivity contribution in [2.24, 2.45) is 0 Å². The van der Waals surface area contributed by atoms with Crippen molar-refractivity contribution >= 4 is 17.2 Å². The SMILES string of the molecule is O=C1CCC2[C@@H](c3ccsc3)NCCN12. The first-order valence-electron chi connectivity index (χ1n) is 5.41. The second-order valence-electron chi connectivity index (χ2n) is 4.18. The molecule has 0 radical (unpaired) electrons.